The van der Waals surface area contributed by atoms with Gasteiger partial charge in [0.25, 0.3) is 0 Å². The SMILES string of the molecule is CCC(C)C(NC(=O)CC(C)CC(C)(C)C)C(=O)Nc1nnc(-c2ccccc2)s1. The summed E-state index contributed by atoms with van der Waals surface area (Å²) in [7, 11) is 0. The molecular formula is C23H34N4O2S. The zero-order valence-electron chi connectivity index (χ0n) is 18.9. The largest absolute Gasteiger partial charge is 0.344 e. The molecule has 1 heterocycles. The molecule has 3 atom stereocenters. The maximum absolute atomic E-state index is 12.9. The van der Waals surface area contributed by atoms with E-state index in [1.54, 1.807) is 0 Å². The van der Waals surface area contributed by atoms with Crippen LogP contribution in [0.1, 0.15) is 60.8 Å². The smallest absolute Gasteiger partial charge is 0.249 e. The molecule has 164 valence electrons. The van der Waals surface area contributed by atoms with Crippen molar-refractivity contribution in [3.05, 3.63) is 30.3 Å². The highest BCUT2D eigenvalue weighted by atomic mass is 32.1. The number of carbonyl (C=O) groups excluding carboxylic acids is 2. The van der Waals surface area contributed by atoms with Gasteiger partial charge in [-0.15, -0.1) is 10.2 Å². The molecule has 7 heteroatoms. The summed E-state index contributed by atoms with van der Waals surface area (Å²) in [6, 6.07) is 9.11. The summed E-state index contributed by atoms with van der Waals surface area (Å²) in [5, 5.41) is 15.2. The number of hydrogen-bond acceptors (Lipinski definition) is 5. The third kappa shape index (κ3) is 7.52. The van der Waals surface area contributed by atoms with E-state index in [1.165, 1.54) is 11.3 Å². The Morgan fingerprint density at radius 1 is 1.10 bits per heavy atom. The van der Waals surface area contributed by atoms with E-state index >= 15 is 0 Å². The third-order valence-corrected chi connectivity index (χ3v) is 5.87. The molecule has 0 spiro atoms. The zero-order chi connectivity index (χ0) is 22.3. The second-order valence-corrected chi connectivity index (χ2v) is 10.2. The Morgan fingerprint density at radius 3 is 2.37 bits per heavy atom. The van der Waals surface area contributed by atoms with Gasteiger partial charge in [-0.25, -0.2) is 0 Å². The van der Waals surface area contributed by atoms with E-state index in [0.29, 0.717) is 11.6 Å². The molecule has 0 saturated carbocycles. The lowest BCUT2D eigenvalue weighted by atomic mass is 9.84. The lowest BCUT2D eigenvalue weighted by Gasteiger charge is -2.26. The van der Waals surface area contributed by atoms with Gasteiger partial charge >= 0.3 is 0 Å². The molecule has 30 heavy (non-hydrogen) atoms. The fraction of sp³-hybridized carbons (Fsp3) is 0.565. The molecule has 0 bridgehead atoms. The van der Waals surface area contributed by atoms with Gasteiger partial charge < -0.3 is 5.32 Å². The molecule has 1 aromatic carbocycles. The molecule has 0 radical (unpaired) electrons. The first-order valence-corrected chi connectivity index (χ1v) is 11.4. The van der Waals surface area contributed by atoms with Gasteiger partial charge in [0.1, 0.15) is 11.0 Å². The van der Waals surface area contributed by atoms with Crippen molar-refractivity contribution in [2.24, 2.45) is 17.3 Å². The van der Waals surface area contributed by atoms with Crippen LogP contribution in [-0.2, 0) is 9.59 Å². The van der Waals surface area contributed by atoms with Crippen molar-refractivity contribution in [2.45, 2.75) is 66.8 Å². The molecule has 2 rings (SSSR count). The number of anilines is 1. The molecule has 1 aromatic heterocycles. The summed E-state index contributed by atoms with van der Waals surface area (Å²) in [5.74, 6) is -0.0815. The first-order chi connectivity index (χ1) is 14.1. The van der Waals surface area contributed by atoms with Crippen molar-refractivity contribution in [1.29, 1.82) is 0 Å². The number of amides is 2. The topological polar surface area (TPSA) is 84.0 Å². The van der Waals surface area contributed by atoms with Crippen LogP contribution in [0.4, 0.5) is 5.13 Å². The van der Waals surface area contributed by atoms with Crippen LogP contribution in [0.2, 0.25) is 0 Å². The number of rotatable bonds is 9. The Balaban J connectivity index is 2.02. The van der Waals surface area contributed by atoms with Crippen molar-refractivity contribution >= 4 is 28.3 Å². The highest BCUT2D eigenvalue weighted by Crippen LogP contribution is 2.27. The van der Waals surface area contributed by atoms with Crippen molar-refractivity contribution in [2.75, 3.05) is 5.32 Å². The number of nitrogens with zero attached hydrogens (tertiary/aromatic N) is 2. The van der Waals surface area contributed by atoms with Crippen LogP contribution in [0.15, 0.2) is 30.3 Å². The molecule has 0 fully saturated rings. The molecule has 0 saturated heterocycles. The maximum Gasteiger partial charge on any atom is 0.249 e. The zero-order valence-corrected chi connectivity index (χ0v) is 19.7. The van der Waals surface area contributed by atoms with Crippen LogP contribution < -0.4 is 10.6 Å². The summed E-state index contributed by atoms with van der Waals surface area (Å²) < 4.78 is 0. The second-order valence-electron chi connectivity index (χ2n) is 9.27. The van der Waals surface area contributed by atoms with Gasteiger partial charge in [-0.05, 0) is 23.7 Å². The van der Waals surface area contributed by atoms with Gasteiger partial charge in [-0.3, -0.25) is 14.9 Å². The van der Waals surface area contributed by atoms with Gasteiger partial charge in [0.05, 0.1) is 0 Å². The van der Waals surface area contributed by atoms with Gasteiger partial charge in [0.15, 0.2) is 0 Å². The Bertz CT molecular complexity index is 829. The van der Waals surface area contributed by atoms with E-state index in [2.05, 4.69) is 48.5 Å². The third-order valence-electron chi connectivity index (χ3n) is 4.98. The normalized spacial score (nSPS) is 14.6. The lowest BCUT2D eigenvalue weighted by molar-refractivity contribution is -0.128. The quantitative estimate of drug-likeness (QED) is 0.577. The van der Waals surface area contributed by atoms with Crippen molar-refractivity contribution < 1.29 is 9.59 Å². The van der Waals surface area contributed by atoms with Crippen LogP contribution >= 0.6 is 11.3 Å². The minimum atomic E-state index is -0.603. The van der Waals surface area contributed by atoms with Crippen molar-refractivity contribution in [1.82, 2.24) is 15.5 Å². The van der Waals surface area contributed by atoms with Crippen LogP contribution in [0.3, 0.4) is 0 Å². The van der Waals surface area contributed by atoms with Gasteiger partial charge in [0, 0.05) is 12.0 Å². The summed E-state index contributed by atoms with van der Waals surface area (Å²) in [5.41, 5.74) is 1.12. The van der Waals surface area contributed by atoms with E-state index in [1.807, 2.05) is 44.2 Å². The predicted octanol–water partition coefficient (Wildman–Crippen LogP) is 5.14. The molecular weight excluding hydrogens is 396 g/mol. The van der Waals surface area contributed by atoms with E-state index < -0.39 is 6.04 Å². The fourth-order valence-corrected chi connectivity index (χ4v) is 4.27. The molecule has 0 aliphatic heterocycles. The van der Waals surface area contributed by atoms with Gasteiger partial charge in [-0.1, -0.05) is 89.6 Å². The lowest BCUT2D eigenvalue weighted by Crippen LogP contribution is -2.48. The summed E-state index contributed by atoms with van der Waals surface area (Å²) >= 11 is 1.32. The minimum Gasteiger partial charge on any atom is -0.344 e. The molecule has 0 aliphatic rings. The Labute approximate surface area is 183 Å². The molecule has 3 unspecified atom stereocenters. The van der Waals surface area contributed by atoms with E-state index in [9.17, 15) is 9.59 Å². The number of benzene rings is 1. The Morgan fingerprint density at radius 2 is 1.77 bits per heavy atom. The van der Waals surface area contributed by atoms with Gasteiger partial charge in [-0.2, -0.15) is 0 Å². The number of aromatic nitrogens is 2. The Hall–Kier alpha value is -2.28. The van der Waals surface area contributed by atoms with E-state index in [-0.39, 0.29) is 29.1 Å². The van der Waals surface area contributed by atoms with Crippen LogP contribution in [0, 0.1) is 17.3 Å². The van der Waals surface area contributed by atoms with Crippen LogP contribution in [-0.4, -0.2) is 28.1 Å². The van der Waals surface area contributed by atoms with Crippen LogP contribution in [0.5, 0.6) is 0 Å². The first-order valence-electron chi connectivity index (χ1n) is 10.6. The summed E-state index contributed by atoms with van der Waals surface area (Å²) in [4.78, 5) is 25.5. The molecule has 2 aromatic rings. The highest BCUT2D eigenvalue weighted by molar-refractivity contribution is 7.18. The average molecular weight is 431 g/mol. The fourth-order valence-electron chi connectivity index (χ4n) is 3.52. The standard InChI is InChI=1S/C23H34N4O2S/c1-7-16(3)19(24-18(28)13-15(2)14-23(4,5)6)20(29)25-22-27-26-21(30-22)17-11-9-8-10-12-17/h8-12,15-16,19H,7,13-14H2,1-6H3,(H,24,28)(H,25,27,29). The number of hydrogen-bond donors (Lipinski definition) is 2. The Kier molecular flexibility index (Phi) is 8.53. The number of nitrogens with one attached hydrogen (secondary N) is 2. The van der Waals surface area contributed by atoms with Crippen LogP contribution in [0.25, 0.3) is 10.6 Å². The van der Waals surface area contributed by atoms with E-state index in [4.69, 9.17) is 0 Å². The van der Waals surface area contributed by atoms with Crippen molar-refractivity contribution in [3.63, 3.8) is 0 Å². The molecule has 2 amide bonds. The summed E-state index contributed by atoms with van der Waals surface area (Å²) in [6.45, 7) is 12.6. The monoisotopic (exact) mass is 430 g/mol. The summed E-state index contributed by atoms with van der Waals surface area (Å²) in [6.07, 6.45) is 2.14. The van der Waals surface area contributed by atoms with E-state index in [0.717, 1.165) is 23.4 Å². The maximum atomic E-state index is 12.9. The number of carbonyl (C=O) groups is 2. The predicted molar refractivity (Wildman–Crippen MR) is 123 cm³/mol. The average Bonchev–Trinajstić information content (AvgIpc) is 3.13. The molecule has 0 aliphatic carbocycles. The molecule has 6 nitrogen and oxygen atoms in total. The highest BCUT2D eigenvalue weighted by Gasteiger charge is 2.28. The van der Waals surface area contributed by atoms with Gasteiger partial charge in [0.2, 0.25) is 16.9 Å². The second kappa shape index (κ2) is 10.7. The minimum absolute atomic E-state index is 0.00777. The molecule has 2 N–H and O–H groups in total. The van der Waals surface area contributed by atoms with Crippen molar-refractivity contribution in [3.8, 4) is 10.6 Å². The first kappa shape index (κ1) is 24.0.